The van der Waals surface area contributed by atoms with Crippen LogP contribution in [0.1, 0.15) is 36.8 Å². The number of guanidine groups is 1. The minimum Gasteiger partial charge on any atom is -0.356 e. The van der Waals surface area contributed by atoms with E-state index in [0.29, 0.717) is 0 Å². The number of likely N-dealkylation sites (tertiary alicyclic amines) is 1. The van der Waals surface area contributed by atoms with E-state index in [1.165, 1.54) is 43.5 Å². The van der Waals surface area contributed by atoms with Gasteiger partial charge in [-0.25, -0.2) is 4.98 Å². The molecule has 5 nitrogen and oxygen atoms in total. The summed E-state index contributed by atoms with van der Waals surface area (Å²) in [5.41, 5.74) is 2.69. The topological polar surface area (TPSA) is 52.6 Å². The van der Waals surface area contributed by atoms with Crippen LogP contribution in [0.4, 0.5) is 0 Å². The SMILES string of the molecule is CN=C(NCCCSc1nccs1)NCc1ccc(CN2CCCCC2)cc1.I. The van der Waals surface area contributed by atoms with Gasteiger partial charge in [0.1, 0.15) is 4.34 Å². The summed E-state index contributed by atoms with van der Waals surface area (Å²) in [6, 6.07) is 8.98. The third-order valence-corrected chi connectivity index (χ3v) is 6.86. The second kappa shape index (κ2) is 14.2. The monoisotopic (exact) mass is 545 g/mol. The van der Waals surface area contributed by atoms with E-state index in [0.717, 1.165) is 42.1 Å². The average Bonchev–Trinajstić information content (AvgIpc) is 3.25. The lowest BCUT2D eigenvalue weighted by Crippen LogP contribution is -2.37. The van der Waals surface area contributed by atoms with Gasteiger partial charge in [-0.3, -0.25) is 9.89 Å². The maximum absolute atomic E-state index is 4.32. The molecule has 1 aromatic carbocycles. The summed E-state index contributed by atoms with van der Waals surface area (Å²) in [4.78, 5) is 11.2. The van der Waals surface area contributed by atoms with Crippen molar-refractivity contribution in [2.24, 2.45) is 4.99 Å². The normalized spacial score (nSPS) is 15.0. The molecule has 0 saturated carbocycles. The molecule has 0 unspecified atom stereocenters. The molecule has 1 aliphatic heterocycles. The first kappa shape index (κ1) is 24.4. The van der Waals surface area contributed by atoms with E-state index in [-0.39, 0.29) is 24.0 Å². The first-order valence-corrected chi connectivity index (χ1v) is 12.0. The van der Waals surface area contributed by atoms with Crippen molar-refractivity contribution >= 4 is 53.0 Å². The number of nitrogens with one attached hydrogen (secondary N) is 2. The maximum atomic E-state index is 4.32. The number of nitrogens with zero attached hydrogens (tertiary/aromatic N) is 3. The molecule has 3 rings (SSSR count). The Morgan fingerprint density at radius 2 is 1.90 bits per heavy atom. The van der Waals surface area contributed by atoms with Crippen LogP contribution in [0.25, 0.3) is 0 Å². The predicted molar refractivity (Wildman–Crippen MR) is 137 cm³/mol. The summed E-state index contributed by atoms with van der Waals surface area (Å²) in [6.45, 7) is 5.27. The summed E-state index contributed by atoms with van der Waals surface area (Å²) >= 11 is 3.51. The van der Waals surface area contributed by atoms with Gasteiger partial charge in [0.25, 0.3) is 0 Å². The molecule has 0 bridgehead atoms. The van der Waals surface area contributed by atoms with Crippen LogP contribution in [-0.2, 0) is 13.1 Å². The zero-order valence-corrected chi connectivity index (χ0v) is 21.1. The first-order valence-electron chi connectivity index (χ1n) is 10.1. The number of piperidine rings is 1. The first-order chi connectivity index (χ1) is 13.8. The van der Waals surface area contributed by atoms with Gasteiger partial charge in [0.05, 0.1) is 0 Å². The molecule has 160 valence electrons. The molecule has 0 amide bonds. The molecule has 2 heterocycles. The van der Waals surface area contributed by atoms with E-state index in [2.05, 4.69) is 49.8 Å². The smallest absolute Gasteiger partial charge is 0.191 e. The van der Waals surface area contributed by atoms with Crippen molar-refractivity contribution in [2.45, 2.75) is 43.1 Å². The molecular weight excluding hydrogens is 513 g/mol. The van der Waals surface area contributed by atoms with E-state index in [9.17, 15) is 0 Å². The Bertz CT molecular complexity index is 700. The molecule has 1 saturated heterocycles. The number of aromatic nitrogens is 1. The minimum atomic E-state index is 0. The zero-order valence-electron chi connectivity index (χ0n) is 17.1. The Balaban J connectivity index is 0.00000300. The van der Waals surface area contributed by atoms with Crippen molar-refractivity contribution in [3.05, 3.63) is 47.0 Å². The number of hydrogen-bond acceptors (Lipinski definition) is 5. The van der Waals surface area contributed by atoms with Gasteiger partial charge < -0.3 is 10.6 Å². The molecule has 0 atom stereocenters. The molecule has 0 aliphatic carbocycles. The number of thiazole rings is 1. The number of halogens is 1. The number of hydrogen-bond donors (Lipinski definition) is 2. The van der Waals surface area contributed by atoms with Crippen molar-refractivity contribution in [1.29, 1.82) is 0 Å². The van der Waals surface area contributed by atoms with E-state index in [1.807, 2.05) is 30.4 Å². The average molecular weight is 546 g/mol. The molecular formula is C21H32IN5S2. The Morgan fingerprint density at radius 3 is 2.59 bits per heavy atom. The highest BCUT2D eigenvalue weighted by atomic mass is 127. The molecule has 1 fully saturated rings. The Kier molecular flexibility index (Phi) is 12.0. The van der Waals surface area contributed by atoms with Gasteiger partial charge in [0.2, 0.25) is 0 Å². The Labute approximate surface area is 200 Å². The van der Waals surface area contributed by atoms with E-state index < -0.39 is 0 Å². The number of benzene rings is 1. The summed E-state index contributed by atoms with van der Waals surface area (Å²) in [5.74, 6) is 1.92. The van der Waals surface area contributed by atoms with Gasteiger partial charge in [-0.1, -0.05) is 42.4 Å². The van der Waals surface area contributed by atoms with Crippen LogP contribution in [-0.4, -0.2) is 48.3 Å². The fourth-order valence-corrected chi connectivity index (χ4v) is 4.91. The van der Waals surface area contributed by atoms with E-state index in [1.54, 1.807) is 11.3 Å². The van der Waals surface area contributed by atoms with Gasteiger partial charge in [0, 0.05) is 44.0 Å². The Hall–Kier alpha value is -0.840. The Morgan fingerprint density at radius 1 is 1.14 bits per heavy atom. The lowest BCUT2D eigenvalue weighted by atomic mass is 10.1. The van der Waals surface area contributed by atoms with Crippen LogP contribution in [0.15, 0.2) is 45.2 Å². The minimum absolute atomic E-state index is 0. The van der Waals surface area contributed by atoms with E-state index in [4.69, 9.17) is 0 Å². The van der Waals surface area contributed by atoms with Crippen molar-refractivity contribution in [3.8, 4) is 0 Å². The zero-order chi connectivity index (χ0) is 19.4. The van der Waals surface area contributed by atoms with Gasteiger partial charge in [0.15, 0.2) is 5.96 Å². The molecule has 0 radical (unpaired) electrons. The predicted octanol–water partition coefficient (Wildman–Crippen LogP) is 4.59. The molecule has 2 aromatic rings. The number of rotatable bonds is 9. The lowest BCUT2D eigenvalue weighted by Gasteiger charge is -2.26. The second-order valence-electron chi connectivity index (χ2n) is 7.01. The van der Waals surface area contributed by atoms with Gasteiger partial charge in [-0.2, -0.15) is 0 Å². The molecule has 8 heteroatoms. The van der Waals surface area contributed by atoms with Gasteiger partial charge in [-0.15, -0.1) is 35.3 Å². The summed E-state index contributed by atoms with van der Waals surface area (Å²) in [6.07, 6.45) is 7.02. The fraction of sp³-hybridized carbons (Fsp3) is 0.524. The molecule has 29 heavy (non-hydrogen) atoms. The maximum Gasteiger partial charge on any atom is 0.191 e. The molecule has 1 aromatic heterocycles. The third-order valence-electron chi connectivity index (χ3n) is 4.81. The van der Waals surface area contributed by atoms with Gasteiger partial charge >= 0.3 is 0 Å². The molecule has 2 N–H and O–H groups in total. The summed E-state index contributed by atoms with van der Waals surface area (Å²) in [5, 5.41) is 8.81. The van der Waals surface area contributed by atoms with Crippen LogP contribution in [0, 0.1) is 0 Å². The lowest BCUT2D eigenvalue weighted by molar-refractivity contribution is 0.221. The second-order valence-corrected chi connectivity index (χ2v) is 9.24. The highest BCUT2D eigenvalue weighted by Crippen LogP contribution is 2.20. The summed E-state index contributed by atoms with van der Waals surface area (Å²) < 4.78 is 1.14. The standard InChI is InChI=1S/C21H31N5S2.HI/c1-22-20(23-10-5-14-27-21-24-11-15-28-21)25-16-18-6-8-19(9-7-18)17-26-12-3-2-4-13-26;/h6-9,11,15H,2-5,10,12-14,16-17H2,1H3,(H2,22,23,25);1H. The fourth-order valence-electron chi connectivity index (χ4n) is 3.26. The van der Waals surface area contributed by atoms with Crippen LogP contribution in [0.5, 0.6) is 0 Å². The van der Waals surface area contributed by atoms with Crippen molar-refractivity contribution in [3.63, 3.8) is 0 Å². The van der Waals surface area contributed by atoms with Crippen molar-refractivity contribution in [1.82, 2.24) is 20.5 Å². The number of thioether (sulfide) groups is 1. The highest BCUT2D eigenvalue weighted by Gasteiger charge is 2.10. The quantitative estimate of drug-likeness (QED) is 0.159. The van der Waals surface area contributed by atoms with Crippen LogP contribution in [0.2, 0.25) is 0 Å². The summed E-state index contributed by atoms with van der Waals surface area (Å²) in [7, 11) is 1.82. The van der Waals surface area contributed by atoms with Crippen LogP contribution in [0.3, 0.4) is 0 Å². The van der Waals surface area contributed by atoms with Crippen molar-refractivity contribution in [2.75, 3.05) is 32.4 Å². The van der Waals surface area contributed by atoms with Gasteiger partial charge in [-0.05, 0) is 43.5 Å². The number of aliphatic imine (C=N–C) groups is 1. The van der Waals surface area contributed by atoms with E-state index >= 15 is 0 Å². The third kappa shape index (κ3) is 9.23. The van der Waals surface area contributed by atoms with Crippen LogP contribution >= 0.6 is 47.1 Å². The van der Waals surface area contributed by atoms with Crippen LogP contribution < -0.4 is 10.6 Å². The molecule has 1 aliphatic rings. The largest absolute Gasteiger partial charge is 0.356 e. The molecule has 0 spiro atoms. The highest BCUT2D eigenvalue weighted by molar-refractivity contribution is 14.0. The van der Waals surface area contributed by atoms with Crippen molar-refractivity contribution < 1.29 is 0 Å².